The summed E-state index contributed by atoms with van der Waals surface area (Å²) in [5.74, 6) is 1.44. The van der Waals surface area contributed by atoms with Crippen molar-refractivity contribution in [2.75, 3.05) is 14.2 Å². The molecule has 0 amide bonds. The molecule has 0 aliphatic rings. The Labute approximate surface area is 164 Å². The Kier molecular flexibility index (Phi) is 5.18. The van der Waals surface area contributed by atoms with E-state index in [4.69, 9.17) is 9.47 Å². The van der Waals surface area contributed by atoms with Crippen molar-refractivity contribution in [3.8, 4) is 17.2 Å². The van der Waals surface area contributed by atoms with Crippen LogP contribution < -0.4 is 15.0 Å². The fourth-order valence-corrected chi connectivity index (χ4v) is 3.32. The molecule has 0 atom stereocenters. The molecule has 0 spiro atoms. The first-order valence-corrected chi connectivity index (χ1v) is 8.84. The number of aromatic nitrogens is 2. The quantitative estimate of drug-likeness (QED) is 0.639. The number of fused-ring (bicyclic) bond motifs is 1. The monoisotopic (exact) mass is 431 g/mol. The van der Waals surface area contributed by atoms with Crippen molar-refractivity contribution in [1.82, 2.24) is 9.66 Å². The molecular formula is C19H18BrN3O4. The molecule has 0 unspecified atom stereocenters. The number of aryl methyl sites for hydroxylation is 2. The Morgan fingerprint density at radius 1 is 1.15 bits per heavy atom. The van der Waals surface area contributed by atoms with E-state index >= 15 is 0 Å². The van der Waals surface area contributed by atoms with E-state index in [1.165, 1.54) is 25.1 Å². The lowest BCUT2D eigenvalue weighted by Crippen LogP contribution is -2.20. The van der Waals surface area contributed by atoms with Crippen LogP contribution in [0.1, 0.15) is 17.0 Å². The predicted molar refractivity (Wildman–Crippen MR) is 107 cm³/mol. The van der Waals surface area contributed by atoms with Crippen LogP contribution in [0.5, 0.6) is 17.2 Å². The van der Waals surface area contributed by atoms with Crippen LogP contribution in [0, 0.1) is 13.8 Å². The van der Waals surface area contributed by atoms with Gasteiger partial charge in [-0.25, -0.2) is 4.98 Å². The maximum atomic E-state index is 12.9. The van der Waals surface area contributed by atoms with Crippen LogP contribution >= 0.6 is 15.9 Å². The second kappa shape index (κ2) is 7.40. The highest BCUT2D eigenvalue weighted by atomic mass is 79.9. The van der Waals surface area contributed by atoms with Gasteiger partial charge in [0.15, 0.2) is 11.5 Å². The van der Waals surface area contributed by atoms with E-state index in [0.29, 0.717) is 39.4 Å². The molecule has 1 aromatic heterocycles. The molecule has 0 fully saturated rings. The lowest BCUT2D eigenvalue weighted by atomic mass is 10.1. The molecule has 3 aromatic rings. The predicted octanol–water partition coefficient (Wildman–Crippen LogP) is 3.38. The molecule has 0 aliphatic heterocycles. The molecule has 3 rings (SSSR count). The summed E-state index contributed by atoms with van der Waals surface area (Å²) in [6.45, 7) is 3.47. The van der Waals surface area contributed by atoms with Crippen LogP contribution in [0.25, 0.3) is 10.9 Å². The van der Waals surface area contributed by atoms with Gasteiger partial charge in [0, 0.05) is 16.1 Å². The van der Waals surface area contributed by atoms with E-state index in [-0.39, 0.29) is 11.3 Å². The van der Waals surface area contributed by atoms with Gasteiger partial charge in [-0.15, -0.1) is 0 Å². The van der Waals surface area contributed by atoms with Gasteiger partial charge in [-0.05, 0) is 37.6 Å². The first kappa shape index (κ1) is 18.9. The SMILES string of the molecule is COc1cc2nc(C)n(/N=C\c3cc(Br)cc(C)c3O)c(=O)c2cc1OC. The summed E-state index contributed by atoms with van der Waals surface area (Å²) in [5.41, 5.74) is 1.33. The molecule has 140 valence electrons. The number of phenols is 1. The number of benzene rings is 2. The smallest absolute Gasteiger partial charge is 0.282 e. The number of hydrogen-bond donors (Lipinski definition) is 1. The molecule has 0 saturated carbocycles. The topological polar surface area (TPSA) is 85.9 Å². The summed E-state index contributed by atoms with van der Waals surface area (Å²) >= 11 is 3.38. The van der Waals surface area contributed by atoms with Crippen molar-refractivity contribution in [2.45, 2.75) is 13.8 Å². The minimum atomic E-state index is -0.346. The van der Waals surface area contributed by atoms with E-state index in [1.807, 2.05) is 0 Å². The Morgan fingerprint density at radius 3 is 2.48 bits per heavy atom. The molecule has 2 aromatic carbocycles. The molecule has 1 heterocycles. The molecule has 0 saturated heterocycles. The number of nitrogens with zero attached hydrogens (tertiary/aromatic N) is 3. The van der Waals surface area contributed by atoms with Gasteiger partial charge in [0.05, 0.1) is 31.3 Å². The molecule has 0 bridgehead atoms. The maximum Gasteiger partial charge on any atom is 0.282 e. The van der Waals surface area contributed by atoms with Crippen LogP contribution in [0.4, 0.5) is 0 Å². The summed E-state index contributed by atoms with van der Waals surface area (Å²) in [6.07, 6.45) is 1.43. The fraction of sp³-hybridized carbons (Fsp3) is 0.211. The second-order valence-corrected chi connectivity index (χ2v) is 6.82. The third kappa shape index (κ3) is 3.52. The zero-order valence-electron chi connectivity index (χ0n) is 15.3. The molecule has 27 heavy (non-hydrogen) atoms. The van der Waals surface area contributed by atoms with E-state index in [9.17, 15) is 9.90 Å². The van der Waals surface area contributed by atoms with Gasteiger partial charge in [0.25, 0.3) is 5.56 Å². The van der Waals surface area contributed by atoms with Crippen molar-refractivity contribution < 1.29 is 14.6 Å². The van der Waals surface area contributed by atoms with Crippen LogP contribution in [-0.4, -0.2) is 35.2 Å². The van der Waals surface area contributed by atoms with Gasteiger partial charge in [0.2, 0.25) is 0 Å². The van der Waals surface area contributed by atoms with Gasteiger partial charge >= 0.3 is 0 Å². The van der Waals surface area contributed by atoms with Crippen LogP contribution in [0.2, 0.25) is 0 Å². The number of aromatic hydroxyl groups is 1. The largest absolute Gasteiger partial charge is 0.507 e. The van der Waals surface area contributed by atoms with Crippen LogP contribution in [-0.2, 0) is 0 Å². The number of rotatable bonds is 4. The highest BCUT2D eigenvalue weighted by Crippen LogP contribution is 2.30. The van der Waals surface area contributed by atoms with E-state index < -0.39 is 0 Å². The number of hydrogen-bond acceptors (Lipinski definition) is 6. The van der Waals surface area contributed by atoms with Crippen molar-refractivity contribution in [2.24, 2.45) is 5.10 Å². The summed E-state index contributed by atoms with van der Waals surface area (Å²) in [7, 11) is 3.02. The zero-order chi connectivity index (χ0) is 19.7. The van der Waals surface area contributed by atoms with Crippen molar-refractivity contribution >= 4 is 33.0 Å². The minimum Gasteiger partial charge on any atom is -0.507 e. The fourth-order valence-electron chi connectivity index (χ4n) is 2.73. The Bertz CT molecular complexity index is 1120. The van der Waals surface area contributed by atoms with Crippen LogP contribution in [0.15, 0.2) is 38.6 Å². The Morgan fingerprint density at radius 2 is 1.81 bits per heavy atom. The number of ether oxygens (including phenoxy) is 2. The summed E-state index contributed by atoms with van der Waals surface area (Å²) in [6, 6.07) is 6.74. The zero-order valence-corrected chi connectivity index (χ0v) is 16.9. The summed E-state index contributed by atoms with van der Waals surface area (Å²) in [4.78, 5) is 17.3. The normalized spacial score (nSPS) is 11.3. The molecule has 0 aliphatic carbocycles. The highest BCUT2D eigenvalue weighted by Gasteiger charge is 2.13. The maximum absolute atomic E-state index is 12.9. The summed E-state index contributed by atoms with van der Waals surface area (Å²) in [5, 5.41) is 14.8. The summed E-state index contributed by atoms with van der Waals surface area (Å²) < 4.78 is 12.5. The molecule has 1 N–H and O–H groups in total. The Hall–Kier alpha value is -2.87. The number of phenolic OH excluding ortho intramolecular Hbond substituents is 1. The van der Waals surface area contributed by atoms with Gasteiger partial charge < -0.3 is 14.6 Å². The standard InChI is InChI=1S/C19H18BrN3O4/c1-10-5-13(20)6-12(18(10)24)9-21-23-11(2)22-15-8-17(27-4)16(26-3)7-14(15)19(23)25/h5-9,24H,1-4H3/b21-9-. The average molecular weight is 432 g/mol. The van der Waals surface area contributed by atoms with E-state index in [0.717, 1.165) is 4.47 Å². The lowest BCUT2D eigenvalue weighted by Gasteiger charge is -2.10. The number of halogens is 1. The number of methoxy groups -OCH3 is 2. The van der Waals surface area contributed by atoms with Gasteiger partial charge in [-0.1, -0.05) is 15.9 Å². The second-order valence-electron chi connectivity index (χ2n) is 5.91. The molecule has 8 heteroatoms. The third-order valence-electron chi connectivity index (χ3n) is 4.12. The molecular weight excluding hydrogens is 414 g/mol. The van der Waals surface area contributed by atoms with Gasteiger partial charge in [0.1, 0.15) is 11.6 Å². The molecule has 7 nitrogen and oxygen atoms in total. The first-order valence-electron chi connectivity index (χ1n) is 8.04. The first-order chi connectivity index (χ1) is 12.8. The van der Waals surface area contributed by atoms with Crippen LogP contribution in [0.3, 0.4) is 0 Å². The van der Waals surface area contributed by atoms with Crippen molar-refractivity contribution in [1.29, 1.82) is 0 Å². The highest BCUT2D eigenvalue weighted by molar-refractivity contribution is 9.10. The third-order valence-corrected chi connectivity index (χ3v) is 4.58. The van der Waals surface area contributed by atoms with E-state index in [2.05, 4.69) is 26.0 Å². The average Bonchev–Trinajstić information content (AvgIpc) is 2.64. The molecule has 0 radical (unpaired) electrons. The lowest BCUT2D eigenvalue weighted by molar-refractivity contribution is 0.355. The minimum absolute atomic E-state index is 0.104. The Balaban J connectivity index is 2.17. The van der Waals surface area contributed by atoms with Crippen molar-refractivity contribution in [3.05, 3.63) is 56.0 Å². The van der Waals surface area contributed by atoms with Gasteiger partial charge in [-0.3, -0.25) is 4.79 Å². The van der Waals surface area contributed by atoms with Crippen molar-refractivity contribution in [3.63, 3.8) is 0 Å². The van der Waals surface area contributed by atoms with Gasteiger partial charge in [-0.2, -0.15) is 9.78 Å². The van der Waals surface area contributed by atoms with E-state index in [1.54, 1.807) is 38.1 Å².